The van der Waals surface area contributed by atoms with Crippen LogP contribution in [0.4, 0.5) is 0 Å². The molecule has 0 spiro atoms. The molecule has 1 aromatic rings. The average Bonchev–Trinajstić information content (AvgIpc) is 2.91. The first-order valence-electron chi connectivity index (χ1n) is 6.80. The number of nitrogens with zero attached hydrogens (tertiary/aromatic N) is 3. The van der Waals surface area contributed by atoms with E-state index in [1.54, 1.807) is 12.5 Å². The summed E-state index contributed by atoms with van der Waals surface area (Å²) in [5.74, 6) is 0.297. The van der Waals surface area contributed by atoms with Gasteiger partial charge in [0.25, 0.3) is 0 Å². The summed E-state index contributed by atoms with van der Waals surface area (Å²) >= 11 is 0. The quantitative estimate of drug-likeness (QED) is 0.232. The molecule has 7 heteroatoms. The second-order valence-corrected chi connectivity index (χ2v) is 5.49. The smallest absolute Gasteiger partial charge is 0.233 e. The summed E-state index contributed by atoms with van der Waals surface area (Å²) in [6.07, 6.45) is 7.43. The highest BCUT2D eigenvalue weighted by molar-refractivity contribution is 6.07. The lowest BCUT2D eigenvalue weighted by atomic mass is 9.61. The third-order valence-electron chi connectivity index (χ3n) is 3.86. The second kappa shape index (κ2) is 5.94. The predicted molar refractivity (Wildman–Crippen MR) is 74.1 cm³/mol. The lowest BCUT2D eigenvalue weighted by Crippen LogP contribution is -2.56. The maximum absolute atomic E-state index is 12.3. The van der Waals surface area contributed by atoms with E-state index in [9.17, 15) is 4.79 Å². The van der Waals surface area contributed by atoms with Crippen LogP contribution in [0.15, 0.2) is 23.9 Å². The summed E-state index contributed by atoms with van der Waals surface area (Å²) in [5.41, 5.74) is 4.87. The standard InChI is InChI=1S/C13H21N5O2/c1-10-7-13(8-10,11(14)17-20)12(19)16-3-2-5-18-6-4-15-9-18/h4,6,9-10,20H,2-3,5,7-8H2,1H3,(H2,14,17)(H,16,19). The van der Waals surface area contributed by atoms with Gasteiger partial charge in [-0.2, -0.15) is 0 Å². The van der Waals surface area contributed by atoms with Crippen molar-refractivity contribution in [2.75, 3.05) is 6.54 Å². The molecule has 0 unspecified atom stereocenters. The molecule has 1 fully saturated rings. The van der Waals surface area contributed by atoms with Crippen molar-refractivity contribution in [1.82, 2.24) is 14.9 Å². The molecule has 1 heterocycles. The Labute approximate surface area is 117 Å². The predicted octanol–water partition coefficient (Wildman–Crippen LogP) is 0.552. The van der Waals surface area contributed by atoms with Gasteiger partial charge in [0.15, 0.2) is 5.84 Å². The van der Waals surface area contributed by atoms with Gasteiger partial charge in [0.1, 0.15) is 5.41 Å². The lowest BCUT2D eigenvalue weighted by Gasteiger charge is -2.43. The Balaban J connectivity index is 1.81. The molecule has 1 aliphatic rings. The molecule has 4 N–H and O–H groups in total. The maximum Gasteiger partial charge on any atom is 0.233 e. The van der Waals surface area contributed by atoms with Crippen molar-refractivity contribution in [2.45, 2.75) is 32.7 Å². The van der Waals surface area contributed by atoms with Crippen molar-refractivity contribution in [3.63, 3.8) is 0 Å². The van der Waals surface area contributed by atoms with Crippen LogP contribution in [-0.4, -0.2) is 33.0 Å². The van der Waals surface area contributed by atoms with Crippen molar-refractivity contribution >= 4 is 11.7 Å². The van der Waals surface area contributed by atoms with Crippen molar-refractivity contribution in [1.29, 1.82) is 0 Å². The summed E-state index contributed by atoms with van der Waals surface area (Å²) < 4.78 is 1.96. The normalized spacial score (nSPS) is 26.1. The molecule has 7 nitrogen and oxygen atoms in total. The molecular weight excluding hydrogens is 258 g/mol. The van der Waals surface area contributed by atoms with Gasteiger partial charge in [0.2, 0.25) is 5.91 Å². The molecule has 1 aromatic heterocycles. The number of carbonyl (C=O) groups excluding carboxylic acids is 1. The van der Waals surface area contributed by atoms with Crippen molar-refractivity contribution in [2.24, 2.45) is 22.2 Å². The van der Waals surface area contributed by atoms with Crippen LogP contribution in [0, 0.1) is 11.3 Å². The number of nitrogens with two attached hydrogens (primary N) is 1. The molecule has 0 saturated heterocycles. The van der Waals surface area contributed by atoms with Gasteiger partial charge < -0.3 is 20.8 Å². The average molecular weight is 279 g/mol. The number of oxime groups is 1. The number of aromatic nitrogens is 2. The van der Waals surface area contributed by atoms with Crippen LogP contribution in [0.25, 0.3) is 0 Å². The fourth-order valence-electron chi connectivity index (χ4n) is 2.79. The van der Waals surface area contributed by atoms with Gasteiger partial charge in [0.05, 0.1) is 6.33 Å². The van der Waals surface area contributed by atoms with Crippen molar-refractivity contribution < 1.29 is 10.0 Å². The molecule has 1 aliphatic carbocycles. The highest BCUT2D eigenvalue weighted by atomic mass is 16.4. The number of hydrogen-bond donors (Lipinski definition) is 3. The Hall–Kier alpha value is -2.05. The van der Waals surface area contributed by atoms with E-state index in [0.717, 1.165) is 13.0 Å². The molecule has 0 atom stereocenters. The monoisotopic (exact) mass is 279 g/mol. The van der Waals surface area contributed by atoms with Crippen LogP contribution in [0.5, 0.6) is 0 Å². The molecule has 1 saturated carbocycles. The molecule has 1 amide bonds. The van der Waals surface area contributed by atoms with Gasteiger partial charge >= 0.3 is 0 Å². The van der Waals surface area contributed by atoms with E-state index in [1.165, 1.54) is 0 Å². The Bertz CT molecular complexity index is 477. The van der Waals surface area contributed by atoms with Gasteiger partial charge in [0, 0.05) is 25.5 Å². The Kier molecular flexibility index (Phi) is 4.26. The zero-order valence-corrected chi connectivity index (χ0v) is 11.6. The van der Waals surface area contributed by atoms with Gasteiger partial charge in [-0.25, -0.2) is 4.98 Å². The molecular formula is C13H21N5O2. The number of nitrogens with one attached hydrogen (secondary N) is 1. The van der Waals surface area contributed by atoms with Crippen LogP contribution in [0.3, 0.4) is 0 Å². The number of rotatable bonds is 6. The summed E-state index contributed by atoms with van der Waals surface area (Å²) in [6.45, 7) is 3.41. The number of hydrogen-bond acceptors (Lipinski definition) is 4. The Morgan fingerprint density at radius 1 is 1.65 bits per heavy atom. The van der Waals surface area contributed by atoms with E-state index < -0.39 is 5.41 Å². The lowest BCUT2D eigenvalue weighted by molar-refractivity contribution is -0.133. The maximum atomic E-state index is 12.3. The van der Waals surface area contributed by atoms with Crippen LogP contribution in [0.2, 0.25) is 0 Å². The van der Waals surface area contributed by atoms with E-state index in [4.69, 9.17) is 10.9 Å². The molecule has 0 radical (unpaired) electrons. The van der Waals surface area contributed by atoms with E-state index in [2.05, 4.69) is 22.4 Å². The first kappa shape index (κ1) is 14.4. The minimum absolute atomic E-state index is 0.0164. The minimum atomic E-state index is -0.816. The minimum Gasteiger partial charge on any atom is -0.409 e. The van der Waals surface area contributed by atoms with Crippen LogP contribution in [0.1, 0.15) is 26.2 Å². The van der Waals surface area contributed by atoms with E-state index in [0.29, 0.717) is 25.3 Å². The topological polar surface area (TPSA) is 106 Å². The fourth-order valence-corrected chi connectivity index (χ4v) is 2.79. The third kappa shape index (κ3) is 2.76. The second-order valence-electron chi connectivity index (χ2n) is 5.49. The summed E-state index contributed by atoms with van der Waals surface area (Å²) in [5, 5.41) is 14.7. The molecule has 2 rings (SSSR count). The van der Waals surface area contributed by atoms with Gasteiger partial charge in [-0.05, 0) is 25.2 Å². The van der Waals surface area contributed by atoms with Gasteiger partial charge in [-0.1, -0.05) is 12.1 Å². The summed E-state index contributed by atoms with van der Waals surface area (Å²) in [6, 6.07) is 0. The number of carbonyl (C=O) groups is 1. The van der Waals surface area contributed by atoms with Gasteiger partial charge in [-0.15, -0.1) is 0 Å². The van der Waals surface area contributed by atoms with Crippen LogP contribution >= 0.6 is 0 Å². The fraction of sp³-hybridized carbons (Fsp3) is 0.615. The van der Waals surface area contributed by atoms with Crippen LogP contribution in [-0.2, 0) is 11.3 Å². The van der Waals surface area contributed by atoms with Crippen molar-refractivity contribution in [3.05, 3.63) is 18.7 Å². The van der Waals surface area contributed by atoms with Gasteiger partial charge in [-0.3, -0.25) is 4.79 Å². The zero-order valence-electron chi connectivity index (χ0n) is 11.6. The number of amides is 1. The van der Waals surface area contributed by atoms with Crippen molar-refractivity contribution in [3.8, 4) is 0 Å². The highest BCUT2D eigenvalue weighted by Gasteiger charge is 2.51. The summed E-state index contributed by atoms with van der Waals surface area (Å²) in [4.78, 5) is 16.2. The Morgan fingerprint density at radius 2 is 2.40 bits per heavy atom. The first-order chi connectivity index (χ1) is 9.58. The molecule has 20 heavy (non-hydrogen) atoms. The Morgan fingerprint density at radius 3 is 2.95 bits per heavy atom. The number of amidine groups is 1. The molecule has 0 aliphatic heterocycles. The largest absolute Gasteiger partial charge is 0.409 e. The molecule has 0 aromatic carbocycles. The number of imidazole rings is 1. The van der Waals surface area contributed by atoms with E-state index in [-0.39, 0.29) is 11.7 Å². The highest BCUT2D eigenvalue weighted by Crippen LogP contribution is 2.45. The third-order valence-corrected chi connectivity index (χ3v) is 3.86. The van der Waals surface area contributed by atoms with Crippen LogP contribution < -0.4 is 11.1 Å². The summed E-state index contributed by atoms with van der Waals surface area (Å²) in [7, 11) is 0. The van der Waals surface area contributed by atoms with E-state index >= 15 is 0 Å². The number of aryl methyl sites for hydroxylation is 1. The molecule has 0 bridgehead atoms. The molecule has 110 valence electrons. The first-order valence-corrected chi connectivity index (χ1v) is 6.80. The zero-order chi connectivity index (χ0) is 14.6. The van der Waals surface area contributed by atoms with E-state index in [1.807, 2.05) is 10.8 Å². The SMILES string of the molecule is CC1CC(C(=O)NCCCn2ccnc2)(/C(N)=N/O)C1.